The molecule has 2 aromatic carbocycles. The highest BCUT2D eigenvalue weighted by Crippen LogP contribution is 2.28. The van der Waals surface area contributed by atoms with Gasteiger partial charge in [0.25, 0.3) is 0 Å². The molecule has 0 amide bonds. The third-order valence-corrected chi connectivity index (χ3v) is 6.84. The molecule has 0 spiro atoms. The molecule has 9 nitrogen and oxygen atoms in total. The number of hydrogen-bond acceptors (Lipinski definition) is 8. The molecule has 1 saturated heterocycles. The molecule has 1 aliphatic rings. The Labute approximate surface area is 213 Å². The molecule has 1 aliphatic heterocycles. The van der Waals surface area contributed by atoms with E-state index in [2.05, 4.69) is 25.6 Å². The van der Waals surface area contributed by atoms with E-state index in [1.807, 2.05) is 24.4 Å². The van der Waals surface area contributed by atoms with Gasteiger partial charge in [0, 0.05) is 54.7 Å². The highest BCUT2D eigenvalue weighted by atomic mass is 16.7. The quantitative estimate of drug-likeness (QED) is 0.172. The molecule has 4 aromatic rings. The van der Waals surface area contributed by atoms with Crippen LogP contribution in [0.5, 0.6) is 5.75 Å². The first-order valence-corrected chi connectivity index (χ1v) is 12.3. The van der Waals surface area contributed by atoms with E-state index in [9.17, 15) is 9.59 Å². The molecule has 0 aliphatic carbocycles. The molecule has 0 radical (unpaired) electrons. The Kier molecular flexibility index (Phi) is 7.10. The van der Waals surface area contributed by atoms with Gasteiger partial charge in [-0.25, -0.2) is 9.59 Å². The number of rotatable bonds is 7. The van der Waals surface area contributed by atoms with Crippen LogP contribution in [-0.4, -0.2) is 55.9 Å². The van der Waals surface area contributed by atoms with Crippen molar-refractivity contribution in [2.75, 3.05) is 44.7 Å². The zero-order valence-corrected chi connectivity index (χ0v) is 20.7. The number of aromatic nitrogens is 1. The number of nitrogens with zero attached hydrogens (tertiary/aromatic N) is 3. The topological polar surface area (TPSA) is 112 Å². The molecule has 0 atom stereocenters. The number of hydrogen-bond donors (Lipinski definition) is 1. The van der Waals surface area contributed by atoms with Crippen molar-refractivity contribution in [3.8, 4) is 11.8 Å². The van der Waals surface area contributed by atoms with Gasteiger partial charge in [-0.3, -0.25) is 4.90 Å². The Balaban J connectivity index is 1.14. The predicted molar refractivity (Wildman–Crippen MR) is 140 cm³/mol. The van der Waals surface area contributed by atoms with Crippen LogP contribution >= 0.6 is 0 Å². The fourth-order valence-electron chi connectivity index (χ4n) is 4.91. The first-order valence-electron chi connectivity index (χ1n) is 12.3. The minimum Gasteiger partial charge on any atom is -0.437 e. The summed E-state index contributed by atoms with van der Waals surface area (Å²) in [6.45, 7) is 4.49. The van der Waals surface area contributed by atoms with E-state index in [0.717, 1.165) is 74.0 Å². The number of anilines is 1. The van der Waals surface area contributed by atoms with E-state index in [1.165, 1.54) is 12.7 Å². The van der Waals surface area contributed by atoms with Gasteiger partial charge in [0.1, 0.15) is 11.3 Å². The Bertz CT molecular complexity index is 1530. The van der Waals surface area contributed by atoms with Crippen LogP contribution in [0.3, 0.4) is 0 Å². The molecule has 3 heterocycles. The number of carbonyl (C=O) groups excluding carboxylic acids is 1. The smallest absolute Gasteiger partial charge is 0.437 e. The lowest BCUT2D eigenvalue weighted by atomic mass is 10.1. The molecule has 190 valence electrons. The van der Waals surface area contributed by atoms with Gasteiger partial charge in [0.05, 0.1) is 24.4 Å². The van der Waals surface area contributed by atoms with Crippen molar-refractivity contribution in [3.05, 3.63) is 70.2 Å². The van der Waals surface area contributed by atoms with Crippen molar-refractivity contribution in [3.63, 3.8) is 0 Å². The Morgan fingerprint density at radius 1 is 1.08 bits per heavy atom. The lowest BCUT2D eigenvalue weighted by molar-refractivity contribution is 0.121. The van der Waals surface area contributed by atoms with Crippen LogP contribution in [0.2, 0.25) is 0 Å². The summed E-state index contributed by atoms with van der Waals surface area (Å²) in [4.78, 5) is 31.5. The van der Waals surface area contributed by atoms with Gasteiger partial charge in [-0.2, -0.15) is 5.26 Å². The standard InChI is InChI=1S/C28H28N4O5/c1-35-28(34)36-21-6-8-24-23(15-21)20(18-30-24)4-2-3-9-31-10-12-32(13-11-31)25-16-27(33)37-26-14-19(17-29)5-7-22(25)26/h5-8,14-16,18,30H,2-4,9-13H2,1H3. The van der Waals surface area contributed by atoms with Crippen LogP contribution in [-0.2, 0) is 11.2 Å². The molecule has 1 N–H and O–H groups in total. The van der Waals surface area contributed by atoms with Gasteiger partial charge in [0.15, 0.2) is 0 Å². The number of piperazine rings is 1. The Morgan fingerprint density at radius 3 is 2.70 bits per heavy atom. The fraction of sp³-hybridized carbons (Fsp3) is 0.321. The third-order valence-electron chi connectivity index (χ3n) is 6.84. The van der Waals surface area contributed by atoms with Gasteiger partial charge >= 0.3 is 11.8 Å². The van der Waals surface area contributed by atoms with Crippen molar-refractivity contribution in [1.82, 2.24) is 9.88 Å². The predicted octanol–water partition coefficient (Wildman–Crippen LogP) is 4.44. The Hall–Kier alpha value is -4.29. The second-order valence-corrected chi connectivity index (χ2v) is 9.14. The van der Waals surface area contributed by atoms with Gasteiger partial charge in [-0.1, -0.05) is 0 Å². The van der Waals surface area contributed by atoms with Crippen LogP contribution in [0.15, 0.2) is 57.9 Å². The summed E-state index contributed by atoms with van der Waals surface area (Å²) in [7, 11) is 1.29. The first-order chi connectivity index (χ1) is 18.0. The van der Waals surface area contributed by atoms with Crippen LogP contribution in [0, 0.1) is 11.3 Å². The highest BCUT2D eigenvalue weighted by Gasteiger charge is 2.20. The molecule has 9 heteroatoms. The largest absolute Gasteiger partial charge is 0.513 e. The van der Waals surface area contributed by atoms with E-state index >= 15 is 0 Å². The molecule has 0 saturated carbocycles. The molecule has 37 heavy (non-hydrogen) atoms. The van der Waals surface area contributed by atoms with E-state index in [1.54, 1.807) is 24.3 Å². The number of fused-ring (bicyclic) bond motifs is 2. The van der Waals surface area contributed by atoms with Crippen LogP contribution in [0.25, 0.3) is 21.9 Å². The second-order valence-electron chi connectivity index (χ2n) is 9.14. The molecule has 1 fully saturated rings. The number of carbonyl (C=O) groups is 1. The summed E-state index contributed by atoms with van der Waals surface area (Å²) in [5.41, 5.74) is 3.59. The average Bonchev–Trinajstić information content (AvgIpc) is 3.32. The summed E-state index contributed by atoms with van der Waals surface area (Å²) in [5.74, 6) is 0.465. The second kappa shape index (κ2) is 10.8. The lowest BCUT2D eigenvalue weighted by Gasteiger charge is -2.36. The first kappa shape index (κ1) is 24.4. The minimum absolute atomic E-state index is 0.402. The molecular formula is C28H28N4O5. The highest BCUT2D eigenvalue weighted by molar-refractivity contribution is 5.91. The van der Waals surface area contributed by atoms with Crippen molar-refractivity contribution in [1.29, 1.82) is 5.26 Å². The normalized spacial score (nSPS) is 14.1. The van der Waals surface area contributed by atoms with E-state index in [4.69, 9.17) is 14.4 Å². The number of nitriles is 1. The summed E-state index contributed by atoms with van der Waals surface area (Å²) in [5, 5.41) is 11.0. The maximum Gasteiger partial charge on any atom is 0.513 e. The molecule has 5 rings (SSSR count). The summed E-state index contributed by atoms with van der Waals surface area (Å²) in [6.07, 6.45) is 4.33. The molecular weight excluding hydrogens is 472 g/mol. The number of aryl methyl sites for hydroxylation is 1. The number of aromatic amines is 1. The van der Waals surface area contributed by atoms with Crippen molar-refractivity contribution in [2.45, 2.75) is 19.3 Å². The van der Waals surface area contributed by atoms with Gasteiger partial charge in [0.2, 0.25) is 0 Å². The van der Waals surface area contributed by atoms with Gasteiger partial charge in [-0.15, -0.1) is 0 Å². The zero-order valence-electron chi connectivity index (χ0n) is 20.7. The summed E-state index contributed by atoms with van der Waals surface area (Å²) < 4.78 is 15.1. The van der Waals surface area contributed by atoms with Crippen molar-refractivity contribution in [2.24, 2.45) is 0 Å². The van der Waals surface area contributed by atoms with Gasteiger partial charge in [-0.05, 0) is 67.8 Å². The average molecular weight is 501 g/mol. The van der Waals surface area contributed by atoms with Crippen LogP contribution < -0.4 is 15.3 Å². The Morgan fingerprint density at radius 2 is 1.92 bits per heavy atom. The third kappa shape index (κ3) is 5.44. The van der Waals surface area contributed by atoms with Crippen LogP contribution in [0.4, 0.5) is 10.5 Å². The van der Waals surface area contributed by atoms with Crippen molar-refractivity contribution < 1.29 is 18.7 Å². The zero-order chi connectivity index (χ0) is 25.8. The van der Waals surface area contributed by atoms with Gasteiger partial charge < -0.3 is 23.8 Å². The van der Waals surface area contributed by atoms with Crippen LogP contribution in [0.1, 0.15) is 24.0 Å². The van der Waals surface area contributed by atoms with E-state index in [-0.39, 0.29) is 0 Å². The van der Waals surface area contributed by atoms with E-state index < -0.39 is 11.8 Å². The van der Waals surface area contributed by atoms with Crippen molar-refractivity contribution >= 4 is 33.7 Å². The lowest BCUT2D eigenvalue weighted by Crippen LogP contribution is -2.46. The molecule has 2 aromatic heterocycles. The summed E-state index contributed by atoms with van der Waals surface area (Å²) in [6, 6.07) is 14.4. The number of unbranched alkanes of at least 4 members (excludes halogenated alkanes) is 1. The SMILES string of the molecule is COC(=O)Oc1ccc2[nH]cc(CCCCN3CCN(c4cc(=O)oc5cc(C#N)ccc45)CC3)c2c1. The molecule has 0 unspecified atom stereocenters. The number of benzene rings is 2. The molecule has 0 bridgehead atoms. The summed E-state index contributed by atoms with van der Waals surface area (Å²) >= 11 is 0. The number of nitrogens with one attached hydrogen (secondary N) is 1. The fourth-order valence-corrected chi connectivity index (χ4v) is 4.91. The number of H-pyrrole nitrogens is 1. The maximum absolute atomic E-state index is 12.1. The number of methoxy groups -OCH3 is 1. The van der Waals surface area contributed by atoms with E-state index in [0.29, 0.717) is 16.9 Å². The monoisotopic (exact) mass is 500 g/mol. The number of ether oxygens (including phenoxy) is 2. The maximum atomic E-state index is 12.1. The minimum atomic E-state index is -0.728.